The first kappa shape index (κ1) is 14.2. The van der Waals surface area contributed by atoms with Gasteiger partial charge in [-0.05, 0) is 0 Å². The van der Waals surface area contributed by atoms with Crippen LogP contribution in [0.2, 0.25) is 0 Å². The normalized spacial score (nSPS) is 13.3. The van der Waals surface area contributed by atoms with Crippen molar-refractivity contribution in [2.45, 2.75) is 13.3 Å². The van der Waals surface area contributed by atoms with E-state index in [1.54, 1.807) is 6.92 Å². The van der Waals surface area contributed by atoms with Crippen LogP contribution in [-0.2, 0) is 9.53 Å². The van der Waals surface area contributed by atoms with Crippen LogP contribution in [0.25, 0.3) is 0 Å². The van der Waals surface area contributed by atoms with Gasteiger partial charge in [-0.15, -0.1) is 0 Å². The van der Waals surface area contributed by atoms with E-state index in [4.69, 9.17) is 5.11 Å². The summed E-state index contributed by atoms with van der Waals surface area (Å²) in [4.78, 5) is 12.4. The van der Waals surface area contributed by atoms with Crippen LogP contribution in [0, 0.1) is 5.92 Å². The Bertz CT molecular complexity index is 190. The molecule has 1 atom stereocenters. The fraction of sp³-hybridized carbons (Fsp3) is 0.889. The standard InChI is InChI=1S/C9H17F2NO3/c1-7(9(14)15-2)5-12(3-4-13)6-8(10)11/h7-8,13H,3-6H2,1-2H3. The summed E-state index contributed by atoms with van der Waals surface area (Å²) in [5.41, 5.74) is 0. The summed E-state index contributed by atoms with van der Waals surface area (Å²) >= 11 is 0. The van der Waals surface area contributed by atoms with Crippen molar-refractivity contribution in [2.75, 3.05) is 33.4 Å². The van der Waals surface area contributed by atoms with E-state index in [9.17, 15) is 13.6 Å². The second kappa shape index (κ2) is 7.53. The first-order valence-electron chi connectivity index (χ1n) is 4.70. The summed E-state index contributed by atoms with van der Waals surface area (Å²) in [5, 5.41) is 8.66. The molecule has 1 unspecified atom stereocenters. The molecule has 0 aromatic carbocycles. The molecule has 0 aliphatic heterocycles. The highest BCUT2D eigenvalue weighted by atomic mass is 19.3. The Labute approximate surface area is 87.8 Å². The lowest BCUT2D eigenvalue weighted by atomic mass is 10.1. The highest BCUT2D eigenvalue weighted by Gasteiger charge is 2.19. The van der Waals surface area contributed by atoms with Gasteiger partial charge < -0.3 is 9.84 Å². The van der Waals surface area contributed by atoms with Gasteiger partial charge in [-0.2, -0.15) is 0 Å². The number of hydrogen-bond donors (Lipinski definition) is 1. The van der Waals surface area contributed by atoms with Gasteiger partial charge in [0.2, 0.25) is 0 Å². The lowest BCUT2D eigenvalue weighted by molar-refractivity contribution is -0.145. The van der Waals surface area contributed by atoms with Crippen molar-refractivity contribution in [2.24, 2.45) is 5.92 Å². The van der Waals surface area contributed by atoms with Gasteiger partial charge >= 0.3 is 5.97 Å². The van der Waals surface area contributed by atoms with Crippen molar-refractivity contribution in [3.05, 3.63) is 0 Å². The molecule has 0 aliphatic carbocycles. The van der Waals surface area contributed by atoms with Gasteiger partial charge in [0.1, 0.15) is 0 Å². The molecular formula is C9H17F2NO3. The van der Waals surface area contributed by atoms with Crippen molar-refractivity contribution >= 4 is 5.97 Å². The highest BCUT2D eigenvalue weighted by molar-refractivity contribution is 5.72. The summed E-state index contributed by atoms with van der Waals surface area (Å²) in [5.74, 6) is -0.910. The second-order valence-corrected chi connectivity index (χ2v) is 3.30. The molecule has 90 valence electrons. The summed E-state index contributed by atoms with van der Waals surface area (Å²) in [6.07, 6.45) is -2.47. The molecule has 15 heavy (non-hydrogen) atoms. The van der Waals surface area contributed by atoms with E-state index in [0.717, 1.165) is 0 Å². The number of nitrogens with zero attached hydrogens (tertiary/aromatic N) is 1. The minimum atomic E-state index is -2.47. The van der Waals surface area contributed by atoms with Gasteiger partial charge in [0.05, 0.1) is 26.2 Å². The number of aliphatic hydroxyl groups is 1. The van der Waals surface area contributed by atoms with Gasteiger partial charge in [0, 0.05) is 13.1 Å². The van der Waals surface area contributed by atoms with Crippen molar-refractivity contribution in [1.29, 1.82) is 0 Å². The Balaban J connectivity index is 4.08. The number of ether oxygens (including phenoxy) is 1. The van der Waals surface area contributed by atoms with E-state index in [1.165, 1.54) is 12.0 Å². The number of rotatable bonds is 7. The van der Waals surface area contributed by atoms with E-state index in [-0.39, 0.29) is 19.7 Å². The Hall–Kier alpha value is -0.750. The molecule has 0 heterocycles. The third-order valence-electron chi connectivity index (χ3n) is 1.95. The third-order valence-corrected chi connectivity index (χ3v) is 1.95. The van der Waals surface area contributed by atoms with Crippen molar-refractivity contribution in [1.82, 2.24) is 4.90 Å². The van der Waals surface area contributed by atoms with E-state index in [0.29, 0.717) is 0 Å². The molecule has 0 saturated carbocycles. The fourth-order valence-electron chi connectivity index (χ4n) is 1.26. The highest BCUT2D eigenvalue weighted by Crippen LogP contribution is 2.05. The van der Waals surface area contributed by atoms with E-state index in [1.807, 2.05) is 0 Å². The van der Waals surface area contributed by atoms with Crippen LogP contribution in [0.1, 0.15) is 6.92 Å². The van der Waals surface area contributed by atoms with E-state index < -0.39 is 24.9 Å². The summed E-state index contributed by atoms with van der Waals surface area (Å²) in [6, 6.07) is 0. The van der Waals surface area contributed by atoms with Crippen molar-refractivity contribution < 1.29 is 23.4 Å². The monoisotopic (exact) mass is 225 g/mol. The quantitative estimate of drug-likeness (QED) is 0.635. The topological polar surface area (TPSA) is 49.8 Å². The van der Waals surface area contributed by atoms with Crippen LogP contribution < -0.4 is 0 Å². The average Bonchev–Trinajstić information content (AvgIpc) is 2.15. The van der Waals surface area contributed by atoms with Gasteiger partial charge in [-0.25, -0.2) is 8.78 Å². The second-order valence-electron chi connectivity index (χ2n) is 3.30. The molecule has 1 N–H and O–H groups in total. The lowest BCUT2D eigenvalue weighted by Crippen LogP contribution is -2.37. The minimum Gasteiger partial charge on any atom is -0.469 e. The van der Waals surface area contributed by atoms with Crippen LogP contribution in [-0.4, -0.2) is 55.8 Å². The molecule has 0 aromatic heterocycles. The average molecular weight is 225 g/mol. The van der Waals surface area contributed by atoms with Gasteiger partial charge in [0.15, 0.2) is 0 Å². The number of esters is 1. The lowest BCUT2D eigenvalue weighted by Gasteiger charge is -2.23. The molecular weight excluding hydrogens is 208 g/mol. The Morgan fingerprint density at radius 1 is 1.47 bits per heavy atom. The first-order chi connectivity index (χ1) is 7.01. The zero-order valence-electron chi connectivity index (χ0n) is 8.95. The number of carbonyl (C=O) groups excluding carboxylic acids is 1. The molecule has 0 radical (unpaired) electrons. The van der Waals surface area contributed by atoms with Crippen LogP contribution in [0.5, 0.6) is 0 Å². The Kier molecular flexibility index (Phi) is 7.15. The summed E-state index contributed by atoms with van der Waals surface area (Å²) in [7, 11) is 1.25. The minimum absolute atomic E-state index is 0.131. The number of alkyl halides is 2. The zero-order valence-corrected chi connectivity index (χ0v) is 8.95. The number of aliphatic hydroxyl groups excluding tert-OH is 1. The number of methoxy groups -OCH3 is 1. The van der Waals surface area contributed by atoms with Crippen molar-refractivity contribution in [3.63, 3.8) is 0 Å². The smallest absolute Gasteiger partial charge is 0.309 e. The fourth-order valence-corrected chi connectivity index (χ4v) is 1.26. The molecule has 4 nitrogen and oxygen atoms in total. The third kappa shape index (κ3) is 6.35. The molecule has 6 heteroatoms. The number of halogens is 2. The molecule has 0 bridgehead atoms. The molecule has 0 amide bonds. The largest absolute Gasteiger partial charge is 0.469 e. The van der Waals surface area contributed by atoms with Crippen LogP contribution in [0.15, 0.2) is 0 Å². The molecule has 0 aromatic rings. The predicted octanol–water partition coefficient (Wildman–Crippen LogP) is 0.355. The Morgan fingerprint density at radius 2 is 2.07 bits per heavy atom. The predicted molar refractivity (Wildman–Crippen MR) is 50.7 cm³/mol. The summed E-state index contributed by atoms with van der Waals surface area (Å²) < 4.78 is 28.7. The number of hydrogen-bond acceptors (Lipinski definition) is 4. The van der Waals surface area contributed by atoms with Crippen LogP contribution >= 0.6 is 0 Å². The summed E-state index contributed by atoms with van der Waals surface area (Å²) in [6.45, 7) is 1.24. The first-order valence-corrected chi connectivity index (χ1v) is 4.70. The number of carbonyl (C=O) groups is 1. The van der Waals surface area contributed by atoms with Gasteiger partial charge in [-0.3, -0.25) is 9.69 Å². The molecule has 0 aliphatic rings. The van der Waals surface area contributed by atoms with Gasteiger partial charge in [0.25, 0.3) is 6.43 Å². The van der Waals surface area contributed by atoms with E-state index >= 15 is 0 Å². The van der Waals surface area contributed by atoms with E-state index in [2.05, 4.69) is 4.74 Å². The van der Waals surface area contributed by atoms with Gasteiger partial charge in [-0.1, -0.05) is 6.92 Å². The molecule has 0 fully saturated rings. The SMILES string of the molecule is COC(=O)C(C)CN(CCO)CC(F)F. The maximum absolute atomic E-state index is 12.1. The molecule has 0 spiro atoms. The molecule has 0 rings (SSSR count). The van der Waals surface area contributed by atoms with Crippen LogP contribution in [0.4, 0.5) is 8.78 Å². The van der Waals surface area contributed by atoms with Crippen molar-refractivity contribution in [3.8, 4) is 0 Å². The molecule has 0 saturated heterocycles. The Morgan fingerprint density at radius 3 is 2.47 bits per heavy atom. The zero-order chi connectivity index (χ0) is 11.8. The maximum atomic E-state index is 12.1. The maximum Gasteiger partial charge on any atom is 0.309 e. The van der Waals surface area contributed by atoms with Crippen LogP contribution in [0.3, 0.4) is 0 Å².